The van der Waals surface area contributed by atoms with E-state index in [4.69, 9.17) is 5.73 Å². The predicted octanol–water partition coefficient (Wildman–Crippen LogP) is 2.78. The molecule has 3 N–H and O–H groups in total. The monoisotopic (exact) mass is 387 g/mol. The minimum Gasteiger partial charge on any atom is -0.345 e. The van der Waals surface area contributed by atoms with Crippen LogP contribution < -0.4 is 11.1 Å². The summed E-state index contributed by atoms with van der Waals surface area (Å²) >= 11 is 0. The number of rotatable bonds is 6. The number of carbonyl (C=O) groups is 2. The quantitative estimate of drug-likeness (QED) is 0.800. The van der Waals surface area contributed by atoms with Crippen molar-refractivity contribution >= 4 is 24.2 Å². The number of amides is 2. The molecule has 0 aliphatic carbocycles. The van der Waals surface area contributed by atoms with Crippen molar-refractivity contribution < 1.29 is 9.59 Å². The summed E-state index contributed by atoms with van der Waals surface area (Å²) in [4.78, 5) is 27.2. The van der Waals surface area contributed by atoms with Gasteiger partial charge in [0.2, 0.25) is 5.91 Å². The van der Waals surface area contributed by atoms with Crippen molar-refractivity contribution in [2.45, 2.75) is 18.9 Å². The van der Waals surface area contributed by atoms with Crippen LogP contribution >= 0.6 is 12.4 Å². The van der Waals surface area contributed by atoms with Gasteiger partial charge in [-0.25, -0.2) is 0 Å². The molecule has 1 aliphatic rings. The van der Waals surface area contributed by atoms with E-state index in [0.717, 1.165) is 18.5 Å². The third kappa shape index (κ3) is 5.55. The third-order valence-electron chi connectivity index (χ3n) is 4.89. The number of benzene rings is 2. The molecule has 2 amide bonds. The van der Waals surface area contributed by atoms with Crippen molar-refractivity contribution in [3.05, 3.63) is 71.8 Å². The first-order valence-corrected chi connectivity index (χ1v) is 9.06. The van der Waals surface area contributed by atoms with Crippen molar-refractivity contribution in [2.24, 2.45) is 11.7 Å². The summed E-state index contributed by atoms with van der Waals surface area (Å²) in [5, 5.41) is 3.02. The fraction of sp³-hybridized carbons (Fsp3) is 0.333. The van der Waals surface area contributed by atoms with Gasteiger partial charge in [-0.15, -0.1) is 12.4 Å². The van der Waals surface area contributed by atoms with Crippen LogP contribution in [0.2, 0.25) is 0 Å². The molecule has 0 radical (unpaired) electrons. The molecule has 0 bridgehead atoms. The fourth-order valence-electron chi connectivity index (χ4n) is 3.32. The van der Waals surface area contributed by atoms with E-state index in [1.54, 1.807) is 12.1 Å². The van der Waals surface area contributed by atoms with Crippen LogP contribution in [0, 0.1) is 5.92 Å². The standard InChI is InChI=1S/C21H25N3O2.ClH/c22-14-16-11-12-24(15-16)20(25)13-19(17-7-3-1-4-8-17)23-21(26)18-9-5-2-6-10-18;/h1-10,16,19H,11-15,22H2,(H,23,26);1H. The van der Waals surface area contributed by atoms with E-state index in [9.17, 15) is 9.59 Å². The molecule has 1 aliphatic heterocycles. The summed E-state index contributed by atoms with van der Waals surface area (Å²) in [7, 11) is 0. The molecule has 2 aromatic carbocycles. The molecule has 0 saturated carbocycles. The van der Waals surface area contributed by atoms with Gasteiger partial charge in [-0.2, -0.15) is 0 Å². The Morgan fingerprint density at radius 2 is 1.70 bits per heavy atom. The molecular weight excluding hydrogens is 362 g/mol. The number of hydrogen-bond donors (Lipinski definition) is 2. The van der Waals surface area contributed by atoms with Gasteiger partial charge in [-0.3, -0.25) is 9.59 Å². The van der Waals surface area contributed by atoms with Crippen molar-refractivity contribution in [3.63, 3.8) is 0 Å². The first-order chi connectivity index (χ1) is 12.7. The van der Waals surface area contributed by atoms with Gasteiger partial charge in [0.15, 0.2) is 0 Å². The average Bonchev–Trinajstić information content (AvgIpc) is 3.18. The Labute approximate surface area is 166 Å². The van der Waals surface area contributed by atoms with Crippen LogP contribution in [0.3, 0.4) is 0 Å². The van der Waals surface area contributed by atoms with E-state index in [1.807, 2.05) is 53.4 Å². The van der Waals surface area contributed by atoms with Crippen molar-refractivity contribution in [1.82, 2.24) is 10.2 Å². The van der Waals surface area contributed by atoms with E-state index < -0.39 is 0 Å². The zero-order chi connectivity index (χ0) is 18.4. The highest BCUT2D eigenvalue weighted by Gasteiger charge is 2.28. The molecule has 0 aromatic heterocycles. The normalized spacial score (nSPS) is 17.1. The molecule has 2 unspecified atom stereocenters. The molecule has 0 spiro atoms. The lowest BCUT2D eigenvalue weighted by molar-refractivity contribution is -0.130. The number of halogens is 1. The first kappa shape index (κ1) is 20.9. The smallest absolute Gasteiger partial charge is 0.251 e. The van der Waals surface area contributed by atoms with Crippen LogP contribution in [0.4, 0.5) is 0 Å². The maximum atomic E-state index is 12.7. The summed E-state index contributed by atoms with van der Waals surface area (Å²) in [5.74, 6) is 0.268. The van der Waals surface area contributed by atoms with Crippen LogP contribution in [0.25, 0.3) is 0 Å². The molecule has 1 heterocycles. The Hall–Kier alpha value is -2.37. The minimum absolute atomic E-state index is 0. The highest BCUT2D eigenvalue weighted by atomic mass is 35.5. The molecule has 27 heavy (non-hydrogen) atoms. The second kappa shape index (κ2) is 10.1. The molecule has 1 fully saturated rings. The molecule has 5 nitrogen and oxygen atoms in total. The van der Waals surface area contributed by atoms with Crippen LogP contribution in [0.1, 0.15) is 34.8 Å². The summed E-state index contributed by atoms with van der Waals surface area (Å²) in [6.07, 6.45) is 1.20. The highest BCUT2D eigenvalue weighted by Crippen LogP contribution is 2.22. The van der Waals surface area contributed by atoms with Crippen molar-refractivity contribution in [3.8, 4) is 0 Å². The van der Waals surface area contributed by atoms with Crippen LogP contribution in [0.15, 0.2) is 60.7 Å². The summed E-state index contributed by atoms with van der Waals surface area (Å²) < 4.78 is 0. The minimum atomic E-state index is -0.353. The Bertz CT molecular complexity index is 740. The summed E-state index contributed by atoms with van der Waals surface area (Å²) in [5.41, 5.74) is 7.24. The van der Waals surface area contributed by atoms with Crippen LogP contribution in [-0.4, -0.2) is 36.3 Å². The maximum Gasteiger partial charge on any atom is 0.251 e. The zero-order valence-corrected chi connectivity index (χ0v) is 16.0. The average molecular weight is 388 g/mol. The van der Waals surface area contributed by atoms with E-state index in [0.29, 0.717) is 24.6 Å². The van der Waals surface area contributed by atoms with Gasteiger partial charge in [-0.05, 0) is 36.6 Å². The highest BCUT2D eigenvalue weighted by molar-refractivity contribution is 5.94. The first-order valence-electron chi connectivity index (χ1n) is 9.06. The van der Waals surface area contributed by atoms with Crippen molar-refractivity contribution in [2.75, 3.05) is 19.6 Å². The maximum absolute atomic E-state index is 12.7. The number of nitrogens with one attached hydrogen (secondary N) is 1. The van der Waals surface area contributed by atoms with Gasteiger partial charge in [0.25, 0.3) is 5.91 Å². The van der Waals surface area contributed by atoms with E-state index in [1.165, 1.54) is 0 Å². The second-order valence-corrected chi connectivity index (χ2v) is 6.74. The Kier molecular flexibility index (Phi) is 7.82. The molecule has 144 valence electrons. The van der Waals surface area contributed by atoms with Gasteiger partial charge in [0.1, 0.15) is 0 Å². The van der Waals surface area contributed by atoms with Gasteiger partial charge in [0, 0.05) is 18.7 Å². The summed E-state index contributed by atoms with van der Waals surface area (Å²) in [6, 6.07) is 18.4. The zero-order valence-electron chi connectivity index (χ0n) is 15.2. The lowest BCUT2D eigenvalue weighted by Crippen LogP contribution is -2.36. The largest absolute Gasteiger partial charge is 0.345 e. The van der Waals surface area contributed by atoms with Gasteiger partial charge < -0.3 is 16.0 Å². The Balaban J connectivity index is 0.00000261. The lowest BCUT2D eigenvalue weighted by atomic mass is 10.0. The van der Waals surface area contributed by atoms with E-state index in [-0.39, 0.29) is 36.7 Å². The number of hydrogen-bond acceptors (Lipinski definition) is 3. The number of nitrogens with two attached hydrogens (primary N) is 1. The second-order valence-electron chi connectivity index (χ2n) is 6.74. The number of nitrogens with zero attached hydrogens (tertiary/aromatic N) is 1. The molecular formula is C21H26ClN3O2. The van der Waals surface area contributed by atoms with E-state index >= 15 is 0 Å². The molecule has 6 heteroatoms. The van der Waals surface area contributed by atoms with Crippen molar-refractivity contribution in [1.29, 1.82) is 0 Å². The van der Waals surface area contributed by atoms with Gasteiger partial charge in [0.05, 0.1) is 12.5 Å². The van der Waals surface area contributed by atoms with Gasteiger partial charge >= 0.3 is 0 Å². The Morgan fingerprint density at radius 3 is 2.30 bits per heavy atom. The summed E-state index contributed by atoms with van der Waals surface area (Å²) in [6.45, 7) is 2.06. The van der Waals surface area contributed by atoms with E-state index in [2.05, 4.69) is 5.32 Å². The molecule has 3 rings (SSSR count). The topological polar surface area (TPSA) is 75.4 Å². The predicted molar refractivity (Wildman–Crippen MR) is 109 cm³/mol. The lowest BCUT2D eigenvalue weighted by Gasteiger charge is -2.23. The number of carbonyl (C=O) groups excluding carboxylic acids is 2. The molecule has 2 atom stereocenters. The van der Waals surface area contributed by atoms with Crippen LogP contribution in [0.5, 0.6) is 0 Å². The molecule has 1 saturated heterocycles. The molecule has 2 aromatic rings. The van der Waals surface area contributed by atoms with Crippen LogP contribution in [-0.2, 0) is 4.79 Å². The third-order valence-corrected chi connectivity index (χ3v) is 4.89. The SMILES string of the molecule is Cl.NCC1CCN(C(=O)CC(NC(=O)c2ccccc2)c2ccccc2)C1. The fourth-order valence-corrected chi connectivity index (χ4v) is 3.32. The Morgan fingerprint density at radius 1 is 1.07 bits per heavy atom. The van der Waals surface area contributed by atoms with Gasteiger partial charge in [-0.1, -0.05) is 48.5 Å². The number of likely N-dealkylation sites (tertiary alicyclic amines) is 1.